The number of rotatable bonds is 4. The van der Waals surface area contributed by atoms with Crippen LogP contribution in [0.4, 0.5) is 11.6 Å². The van der Waals surface area contributed by atoms with E-state index in [4.69, 9.17) is 0 Å². The standard InChI is InChI=1S/C13H22N4/c1-8(2)11-12(14-4)15-7-16-13(11)17-10-5-9(3)6-10/h7-10H,5-6H2,1-4H3,(H2,14,15,16,17). The number of anilines is 2. The monoisotopic (exact) mass is 234 g/mol. The molecular weight excluding hydrogens is 212 g/mol. The lowest BCUT2D eigenvalue weighted by atomic mass is 9.82. The van der Waals surface area contributed by atoms with Crippen molar-refractivity contribution in [3.63, 3.8) is 0 Å². The molecule has 2 N–H and O–H groups in total. The number of nitrogens with one attached hydrogen (secondary N) is 2. The van der Waals surface area contributed by atoms with Crippen LogP contribution in [0.3, 0.4) is 0 Å². The lowest BCUT2D eigenvalue weighted by Crippen LogP contribution is -2.34. The largest absolute Gasteiger partial charge is 0.373 e. The van der Waals surface area contributed by atoms with Gasteiger partial charge >= 0.3 is 0 Å². The number of aromatic nitrogens is 2. The van der Waals surface area contributed by atoms with Crippen LogP contribution in [0.15, 0.2) is 6.33 Å². The first kappa shape index (κ1) is 12.1. The van der Waals surface area contributed by atoms with E-state index in [1.165, 1.54) is 18.4 Å². The van der Waals surface area contributed by atoms with Crippen molar-refractivity contribution in [3.05, 3.63) is 11.9 Å². The van der Waals surface area contributed by atoms with Gasteiger partial charge in [-0.05, 0) is 24.7 Å². The predicted octanol–water partition coefficient (Wildman–Crippen LogP) is 2.85. The van der Waals surface area contributed by atoms with Crippen LogP contribution >= 0.6 is 0 Å². The fourth-order valence-corrected chi connectivity index (χ4v) is 2.47. The average molecular weight is 234 g/mol. The molecule has 0 saturated heterocycles. The molecule has 1 saturated carbocycles. The maximum absolute atomic E-state index is 4.39. The van der Waals surface area contributed by atoms with Gasteiger partial charge in [-0.3, -0.25) is 0 Å². The molecule has 0 unspecified atom stereocenters. The molecule has 0 aliphatic heterocycles. The smallest absolute Gasteiger partial charge is 0.135 e. The fraction of sp³-hybridized carbons (Fsp3) is 0.692. The van der Waals surface area contributed by atoms with Crippen molar-refractivity contribution in [2.45, 2.75) is 45.6 Å². The lowest BCUT2D eigenvalue weighted by Gasteiger charge is -2.34. The average Bonchev–Trinajstić information content (AvgIpc) is 2.26. The Bertz CT molecular complexity index is 383. The molecule has 0 bridgehead atoms. The normalized spacial score (nSPS) is 23.4. The molecular formula is C13H22N4. The van der Waals surface area contributed by atoms with E-state index in [9.17, 15) is 0 Å². The molecule has 0 spiro atoms. The highest BCUT2D eigenvalue weighted by Gasteiger charge is 2.26. The number of hydrogen-bond donors (Lipinski definition) is 2. The first-order chi connectivity index (χ1) is 8.11. The zero-order valence-electron chi connectivity index (χ0n) is 11.1. The maximum Gasteiger partial charge on any atom is 0.135 e. The van der Waals surface area contributed by atoms with Crippen LogP contribution in [-0.4, -0.2) is 23.1 Å². The van der Waals surface area contributed by atoms with Crippen LogP contribution in [0.2, 0.25) is 0 Å². The highest BCUT2D eigenvalue weighted by atomic mass is 15.1. The van der Waals surface area contributed by atoms with Crippen molar-refractivity contribution in [1.82, 2.24) is 9.97 Å². The Labute approximate surface area is 103 Å². The van der Waals surface area contributed by atoms with Gasteiger partial charge in [0.15, 0.2) is 0 Å². The third-order valence-corrected chi connectivity index (χ3v) is 3.41. The second-order valence-electron chi connectivity index (χ2n) is 5.31. The SMILES string of the molecule is CNc1ncnc(NC2CC(C)C2)c1C(C)C. The summed E-state index contributed by atoms with van der Waals surface area (Å²) < 4.78 is 0. The van der Waals surface area contributed by atoms with Gasteiger partial charge < -0.3 is 10.6 Å². The van der Waals surface area contributed by atoms with Crippen LogP contribution in [0.5, 0.6) is 0 Å². The first-order valence-electron chi connectivity index (χ1n) is 6.41. The first-order valence-corrected chi connectivity index (χ1v) is 6.41. The quantitative estimate of drug-likeness (QED) is 0.841. The molecule has 94 valence electrons. The third-order valence-electron chi connectivity index (χ3n) is 3.41. The summed E-state index contributed by atoms with van der Waals surface area (Å²) in [7, 11) is 1.91. The highest BCUT2D eigenvalue weighted by Crippen LogP contribution is 2.33. The molecule has 0 radical (unpaired) electrons. The molecule has 17 heavy (non-hydrogen) atoms. The maximum atomic E-state index is 4.39. The van der Waals surface area contributed by atoms with Crippen LogP contribution in [0, 0.1) is 5.92 Å². The van der Waals surface area contributed by atoms with Crippen molar-refractivity contribution in [3.8, 4) is 0 Å². The molecule has 1 aliphatic rings. The van der Waals surface area contributed by atoms with Crippen molar-refractivity contribution < 1.29 is 0 Å². The van der Waals surface area contributed by atoms with E-state index in [0.717, 1.165) is 17.6 Å². The van der Waals surface area contributed by atoms with Crippen LogP contribution < -0.4 is 10.6 Å². The van der Waals surface area contributed by atoms with E-state index < -0.39 is 0 Å². The third kappa shape index (κ3) is 2.51. The summed E-state index contributed by atoms with van der Waals surface area (Å²) in [4.78, 5) is 8.68. The Hall–Kier alpha value is -1.32. The summed E-state index contributed by atoms with van der Waals surface area (Å²) in [6.07, 6.45) is 4.12. The number of nitrogens with zero attached hydrogens (tertiary/aromatic N) is 2. The molecule has 4 heteroatoms. The Morgan fingerprint density at radius 1 is 1.24 bits per heavy atom. The predicted molar refractivity (Wildman–Crippen MR) is 71.5 cm³/mol. The molecule has 1 aromatic rings. The van der Waals surface area contributed by atoms with Crippen molar-refractivity contribution in [2.24, 2.45) is 5.92 Å². The lowest BCUT2D eigenvalue weighted by molar-refractivity contribution is 0.308. The van der Waals surface area contributed by atoms with E-state index in [2.05, 4.69) is 41.4 Å². The summed E-state index contributed by atoms with van der Waals surface area (Å²) in [5.41, 5.74) is 1.19. The Morgan fingerprint density at radius 2 is 1.88 bits per heavy atom. The van der Waals surface area contributed by atoms with Gasteiger partial charge in [0.2, 0.25) is 0 Å². The van der Waals surface area contributed by atoms with Gasteiger partial charge in [0.1, 0.15) is 18.0 Å². The minimum Gasteiger partial charge on any atom is -0.373 e. The van der Waals surface area contributed by atoms with E-state index in [1.807, 2.05) is 7.05 Å². The fourth-order valence-electron chi connectivity index (χ4n) is 2.47. The zero-order valence-corrected chi connectivity index (χ0v) is 11.1. The van der Waals surface area contributed by atoms with Gasteiger partial charge in [-0.25, -0.2) is 9.97 Å². The van der Waals surface area contributed by atoms with Crippen molar-refractivity contribution >= 4 is 11.6 Å². The molecule has 1 fully saturated rings. The van der Waals surface area contributed by atoms with Crippen molar-refractivity contribution in [1.29, 1.82) is 0 Å². The summed E-state index contributed by atoms with van der Waals surface area (Å²) >= 11 is 0. The van der Waals surface area contributed by atoms with Gasteiger partial charge in [-0.1, -0.05) is 20.8 Å². The molecule has 1 aromatic heterocycles. The zero-order chi connectivity index (χ0) is 12.4. The summed E-state index contributed by atoms with van der Waals surface area (Å²) in [5.74, 6) is 3.19. The van der Waals surface area contributed by atoms with Gasteiger partial charge in [-0.15, -0.1) is 0 Å². The molecule has 0 amide bonds. The highest BCUT2D eigenvalue weighted by molar-refractivity contribution is 5.59. The molecule has 0 atom stereocenters. The molecule has 1 heterocycles. The van der Waals surface area contributed by atoms with Crippen LogP contribution in [-0.2, 0) is 0 Å². The second-order valence-corrected chi connectivity index (χ2v) is 5.31. The molecule has 2 rings (SSSR count). The summed E-state index contributed by atoms with van der Waals surface area (Å²) in [5, 5.41) is 6.69. The Morgan fingerprint density at radius 3 is 2.41 bits per heavy atom. The Balaban J connectivity index is 2.20. The summed E-state index contributed by atoms with van der Waals surface area (Å²) in [6, 6.07) is 0.585. The van der Waals surface area contributed by atoms with Gasteiger partial charge in [-0.2, -0.15) is 0 Å². The second kappa shape index (κ2) is 4.90. The molecule has 0 aromatic carbocycles. The van der Waals surface area contributed by atoms with E-state index >= 15 is 0 Å². The minimum atomic E-state index is 0.415. The Kier molecular flexibility index (Phi) is 3.50. The van der Waals surface area contributed by atoms with E-state index in [1.54, 1.807) is 6.33 Å². The molecule has 4 nitrogen and oxygen atoms in total. The number of hydrogen-bond acceptors (Lipinski definition) is 4. The topological polar surface area (TPSA) is 49.8 Å². The molecule has 1 aliphatic carbocycles. The van der Waals surface area contributed by atoms with Crippen molar-refractivity contribution in [2.75, 3.05) is 17.7 Å². The van der Waals surface area contributed by atoms with Gasteiger partial charge in [0.05, 0.1) is 0 Å². The van der Waals surface area contributed by atoms with Crippen LogP contribution in [0.25, 0.3) is 0 Å². The van der Waals surface area contributed by atoms with E-state index in [0.29, 0.717) is 12.0 Å². The van der Waals surface area contributed by atoms with Gasteiger partial charge in [0, 0.05) is 18.7 Å². The van der Waals surface area contributed by atoms with Gasteiger partial charge in [0.25, 0.3) is 0 Å². The minimum absolute atomic E-state index is 0.415. The summed E-state index contributed by atoms with van der Waals surface area (Å²) in [6.45, 7) is 6.64. The van der Waals surface area contributed by atoms with Crippen LogP contribution in [0.1, 0.15) is 45.1 Å². The van der Waals surface area contributed by atoms with E-state index in [-0.39, 0.29) is 0 Å².